The van der Waals surface area contributed by atoms with Crippen LogP contribution in [0.5, 0.6) is 0 Å². The molecule has 0 spiro atoms. The second-order valence-electron chi connectivity index (χ2n) is 6.42. The molecule has 1 fully saturated rings. The number of benzene rings is 1. The lowest BCUT2D eigenvalue weighted by Crippen LogP contribution is -2.40. The summed E-state index contributed by atoms with van der Waals surface area (Å²) in [5.74, 6) is 0.822. The van der Waals surface area contributed by atoms with Gasteiger partial charge >= 0.3 is 0 Å². The highest BCUT2D eigenvalue weighted by atomic mass is 79.9. The van der Waals surface area contributed by atoms with Gasteiger partial charge in [0.2, 0.25) is 11.8 Å². The zero-order valence-electron chi connectivity index (χ0n) is 14.1. The first kappa shape index (κ1) is 18.0. The minimum Gasteiger partial charge on any atom is -0.343 e. The van der Waals surface area contributed by atoms with Crippen molar-refractivity contribution in [2.24, 2.45) is 5.92 Å². The third-order valence-corrected chi connectivity index (χ3v) is 5.41. The second-order valence-corrected chi connectivity index (χ2v) is 7.27. The van der Waals surface area contributed by atoms with Gasteiger partial charge in [-0.25, -0.2) is 0 Å². The Bertz CT molecular complexity index is 580. The van der Waals surface area contributed by atoms with Crippen LogP contribution in [0.4, 0.5) is 5.69 Å². The van der Waals surface area contributed by atoms with E-state index in [9.17, 15) is 9.59 Å². The average Bonchev–Trinajstić information content (AvgIpc) is 2.51. The smallest absolute Gasteiger partial charge is 0.224 e. The monoisotopic (exact) mass is 380 g/mol. The Morgan fingerprint density at radius 2 is 1.96 bits per heavy atom. The van der Waals surface area contributed by atoms with Gasteiger partial charge in [0.05, 0.1) is 0 Å². The van der Waals surface area contributed by atoms with Crippen molar-refractivity contribution >= 4 is 33.4 Å². The number of nitrogens with zero attached hydrogens (tertiary/aromatic N) is 2. The Morgan fingerprint density at radius 3 is 2.52 bits per heavy atom. The van der Waals surface area contributed by atoms with Crippen LogP contribution in [-0.2, 0) is 9.59 Å². The molecule has 1 saturated heterocycles. The lowest BCUT2D eigenvalue weighted by Gasteiger charge is -2.31. The maximum atomic E-state index is 12.4. The highest BCUT2D eigenvalue weighted by Crippen LogP contribution is 2.24. The summed E-state index contributed by atoms with van der Waals surface area (Å²) in [6.07, 6.45) is 2.53. The molecule has 0 aromatic heterocycles. The summed E-state index contributed by atoms with van der Waals surface area (Å²) in [5, 5.41) is 0. The summed E-state index contributed by atoms with van der Waals surface area (Å²) < 4.78 is 1.02. The van der Waals surface area contributed by atoms with E-state index in [1.54, 1.807) is 11.8 Å². The van der Waals surface area contributed by atoms with Gasteiger partial charge in [0, 0.05) is 43.1 Å². The van der Waals surface area contributed by atoms with Gasteiger partial charge < -0.3 is 9.80 Å². The molecule has 1 aliphatic heterocycles. The molecule has 4 nitrogen and oxygen atoms in total. The van der Waals surface area contributed by atoms with E-state index in [-0.39, 0.29) is 11.8 Å². The van der Waals surface area contributed by atoms with E-state index >= 15 is 0 Å². The van der Waals surface area contributed by atoms with Crippen LogP contribution in [0.3, 0.4) is 0 Å². The summed E-state index contributed by atoms with van der Waals surface area (Å²) in [6, 6.07) is 5.82. The Hall–Kier alpha value is -1.36. The van der Waals surface area contributed by atoms with E-state index in [1.165, 1.54) is 0 Å². The van der Waals surface area contributed by atoms with Crippen LogP contribution in [0, 0.1) is 12.8 Å². The molecular weight excluding hydrogens is 356 g/mol. The Balaban J connectivity index is 1.98. The molecule has 0 aliphatic carbocycles. The number of likely N-dealkylation sites (tertiary alicyclic amines) is 1. The van der Waals surface area contributed by atoms with E-state index in [0.29, 0.717) is 18.9 Å². The topological polar surface area (TPSA) is 40.6 Å². The molecule has 1 heterocycles. The summed E-state index contributed by atoms with van der Waals surface area (Å²) >= 11 is 3.47. The van der Waals surface area contributed by atoms with Gasteiger partial charge in [-0.3, -0.25) is 9.59 Å². The molecule has 0 N–H and O–H groups in total. The zero-order valence-corrected chi connectivity index (χ0v) is 15.7. The van der Waals surface area contributed by atoms with Gasteiger partial charge in [-0.05, 0) is 49.4 Å². The SMILES string of the molecule is CC(=O)N(CCC(=O)N1CCC(C)CC1)c1ccc(Br)c(C)c1. The maximum absolute atomic E-state index is 12.4. The fourth-order valence-corrected chi connectivity index (χ4v) is 3.14. The first-order valence-electron chi connectivity index (χ1n) is 8.20. The van der Waals surface area contributed by atoms with Gasteiger partial charge in [-0.2, -0.15) is 0 Å². The summed E-state index contributed by atoms with van der Waals surface area (Å²) in [7, 11) is 0. The Labute approximate surface area is 147 Å². The molecule has 0 bridgehead atoms. The van der Waals surface area contributed by atoms with E-state index in [0.717, 1.165) is 41.7 Å². The summed E-state index contributed by atoms with van der Waals surface area (Å²) in [4.78, 5) is 27.9. The number of piperidine rings is 1. The van der Waals surface area contributed by atoms with Crippen LogP contribution in [0.25, 0.3) is 0 Å². The van der Waals surface area contributed by atoms with Crippen LogP contribution < -0.4 is 4.90 Å². The predicted molar refractivity (Wildman–Crippen MR) is 96.5 cm³/mol. The molecule has 23 heavy (non-hydrogen) atoms. The van der Waals surface area contributed by atoms with Crippen molar-refractivity contribution in [2.45, 2.75) is 40.0 Å². The molecule has 0 atom stereocenters. The molecule has 0 unspecified atom stereocenters. The molecule has 1 aromatic carbocycles. The van der Waals surface area contributed by atoms with Crippen LogP contribution in [-0.4, -0.2) is 36.3 Å². The van der Waals surface area contributed by atoms with Gasteiger partial charge in [-0.1, -0.05) is 22.9 Å². The maximum Gasteiger partial charge on any atom is 0.224 e. The molecule has 1 aromatic rings. The van der Waals surface area contributed by atoms with Gasteiger partial charge in [0.25, 0.3) is 0 Å². The molecule has 0 saturated carbocycles. The first-order chi connectivity index (χ1) is 10.9. The third-order valence-electron chi connectivity index (χ3n) is 4.52. The number of aryl methyl sites for hydroxylation is 1. The average molecular weight is 381 g/mol. The quantitative estimate of drug-likeness (QED) is 0.797. The number of hydrogen-bond donors (Lipinski definition) is 0. The normalized spacial score (nSPS) is 15.6. The molecular formula is C18H25BrN2O2. The molecule has 5 heteroatoms. The number of rotatable bonds is 4. The van der Waals surface area contributed by atoms with E-state index < -0.39 is 0 Å². The van der Waals surface area contributed by atoms with E-state index in [4.69, 9.17) is 0 Å². The molecule has 126 valence electrons. The highest BCUT2D eigenvalue weighted by molar-refractivity contribution is 9.10. The number of anilines is 1. The predicted octanol–water partition coefficient (Wildman–Crippen LogP) is 3.76. The number of halogens is 1. The van der Waals surface area contributed by atoms with Crippen LogP contribution in [0.15, 0.2) is 22.7 Å². The first-order valence-corrected chi connectivity index (χ1v) is 9.00. The number of carbonyl (C=O) groups is 2. The van der Waals surface area contributed by atoms with Gasteiger partial charge in [-0.15, -0.1) is 0 Å². The molecule has 0 radical (unpaired) electrons. The standard InChI is InChI=1S/C18H25BrN2O2/c1-13-6-9-20(10-7-13)18(23)8-11-21(15(3)22)16-4-5-17(19)14(2)12-16/h4-5,12-13H,6-11H2,1-3H3. The van der Waals surface area contributed by atoms with Crippen molar-refractivity contribution in [3.05, 3.63) is 28.2 Å². The number of amides is 2. The minimum atomic E-state index is -0.0354. The fourth-order valence-electron chi connectivity index (χ4n) is 2.89. The summed E-state index contributed by atoms with van der Waals surface area (Å²) in [6.45, 7) is 7.89. The van der Waals surface area contributed by atoms with Gasteiger partial charge in [0.15, 0.2) is 0 Å². The highest BCUT2D eigenvalue weighted by Gasteiger charge is 2.21. The minimum absolute atomic E-state index is 0.0354. The zero-order chi connectivity index (χ0) is 17.0. The van der Waals surface area contributed by atoms with Crippen molar-refractivity contribution < 1.29 is 9.59 Å². The van der Waals surface area contributed by atoms with E-state index in [1.807, 2.05) is 30.0 Å². The summed E-state index contributed by atoms with van der Waals surface area (Å²) in [5.41, 5.74) is 1.92. The number of hydrogen-bond acceptors (Lipinski definition) is 2. The van der Waals surface area contributed by atoms with Crippen molar-refractivity contribution in [1.29, 1.82) is 0 Å². The van der Waals surface area contributed by atoms with Crippen molar-refractivity contribution in [3.63, 3.8) is 0 Å². The van der Waals surface area contributed by atoms with Crippen molar-refractivity contribution in [2.75, 3.05) is 24.5 Å². The second kappa shape index (κ2) is 7.95. The lowest BCUT2D eigenvalue weighted by molar-refractivity contribution is -0.132. The molecule has 1 aliphatic rings. The van der Waals surface area contributed by atoms with Gasteiger partial charge in [0.1, 0.15) is 0 Å². The van der Waals surface area contributed by atoms with E-state index in [2.05, 4.69) is 22.9 Å². The van der Waals surface area contributed by atoms with Crippen LogP contribution in [0.2, 0.25) is 0 Å². The fraction of sp³-hybridized carbons (Fsp3) is 0.556. The Kier molecular flexibility index (Phi) is 6.22. The van der Waals surface area contributed by atoms with Crippen LogP contribution in [0.1, 0.15) is 38.7 Å². The van der Waals surface area contributed by atoms with Crippen molar-refractivity contribution in [1.82, 2.24) is 4.90 Å². The Morgan fingerprint density at radius 1 is 1.30 bits per heavy atom. The molecule has 2 amide bonds. The van der Waals surface area contributed by atoms with Crippen LogP contribution >= 0.6 is 15.9 Å². The molecule has 2 rings (SSSR count). The number of carbonyl (C=O) groups excluding carboxylic acids is 2. The van der Waals surface area contributed by atoms with Crippen molar-refractivity contribution in [3.8, 4) is 0 Å². The largest absolute Gasteiger partial charge is 0.343 e. The lowest BCUT2D eigenvalue weighted by atomic mass is 9.99. The third kappa shape index (κ3) is 4.80.